The first kappa shape index (κ1) is 12.2. The van der Waals surface area contributed by atoms with Crippen molar-refractivity contribution in [3.05, 3.63) is 29.6 Å². The fourth-order valence-electron chi connectivity index (χ4n) is 1.26. The molecular formula is C11H14N2O3. The van der Waals surface area contributed by atoms with Crippen LogP contribution in [0.5, 0.6) is 0 Å². The number of carboxylic acid groups (broad SMARTS) is 1. The second-order valence-corrected chi connectivity index (χ2v) is 3.40. The van der Waals surface area contributed by atoms with E-state index in [1.54, 1.807) is 12.1 Å². The molecule has 1 heterocycles. The molecule has 0 saturated carbocycles. The third-order valence-corrected chi connectivity index (χ3v) is 2.21. The van der Waals surface area contributed by atoms with E-state index in [0.29, 0.717) is 6.42 Å². The van der Waals surface area contributed by atoms with Crippen LogP contribution in [0.25, 0.3) is 0 Å². The van der Waals surface area contributed by atoms with Crippen molar-refractivity contribution >= 4 is 11.9 Å². The van der Waals surface area contributed by atoms with Gasteiger partial charge in [-0.15, -0.1) is 0 Å². The molecule has 0 unspecified atom stereocenters. The summed E-state index contributed by atoms with van der Waals surface area (Å²) in [6, 6.07) is 2.63. The quantitative estimate of drug-likeness (QED) is 0.791. The monoisotopic (exact) mass is 222 g/mol. The first-order valence-corrected chi connectivity index (χ1v) is 5.03. The second-order valence-electron chi connectivity index (χ2n) is 3.40. The topological polar surface area (TPSA) is 79.3 Å². The highest BCUT2D eigenvalue weighted by Gasteiger charge is 2.17. The van der Waals surface area contributed by atoms with Crippen LogP contribution in [0.3, 0.4) is 0 Å². The maximum Gasteiger partial charge on any atom is 0.325 e. The number of nitrogens with zero attached hydrogens (tertiary/aromatic N) is 1. The van der Waals surface area contributed by atoms with Crippen LogP contribution in [0.4, 0.5) is 0 Å². The van der Waals surface area contributed by atoms with Gasteiger partial charge in [0.1, 0.15) is 11.7 Å². The van der Waals surface area contributed by atoms with Crippen molar-refractivity contribution in [3.63, 3.8) is 0 Å². The fraction of sp³-hybridized carbons (Fsp3) is 0.364. The van der Waals surface area contributed by atoms with Gasteiger partial charge in [0.25, 0.3) is 5.91 Å². The number of aryl methyl sites for hydroxylation is 1. The van der Waals surface area contributed by atoms with Gasteiger partial charge >= 0.3 is 5.97 Å². The normalized spacial score (nSPS) is 11.9. The molecule has 1 aromatic heterocycles. The van der Waals surface area contributed by atoms with E-state index in [9.17, 15) is 9.59 Å². The molecule has 1 atom stereocenters. The summed E-state index contributed by atoms with van der Waals surface area (Å²) in [4.78, 5) is 26.2. The minimum atomic E-state index is -1.07. The predicted molar refractivity (Wildman–Crippen MR) is 58.2 cm³/mol. The Morgan fingerprint density at radius 1 is 1.56 bits per heavy atom. The van der Waals surface area contributed by atoms with Crippen molar-refractivity contribution in [1.29, 1.82) is 0 Å². The molecule has 0 saturated heterocycles. The third kappa shape index (κ3) is 2.79. The zero-order valence-corrected chi connectivity index (χ0v) is 9.23. The molecule has 16 heavy (non-hydrogen) atoms. The molecule has 0 aromatic carbocycles. The Bertz CT molecular complexity index is 404. The molecule has 5 nitrogen and oxygen atoms in total. The van der Waals surface area contributed by atoms with Gasteiger partial charge in [0, 0.05) is 6.20 Å². The van der Waals surface area contributed by atoms with Crippen LogP contribution in [0, 0.1) is 0 Å². The van der Waals surface area contributed by atoms with Gasteiger partial charge in [0.15, 0.2) is 0 Å². The fourth-order valence-corrected chi connectivity index (χ4v) is 1.26. The predicted octanol–water partition coefficient (Wildman–Crippen LogP) is 0.847. The standard InChI is InChI=1S/C11H14N2O3/c1-3-8-5-4-6-12-9(8)10(14)13-7(2)11(15)16/h4-7H,3H2,1-2H3,(H,13,14)(H,15,16)/t7-/m1/s1. The van der Waals surface area contributed by atoms with Crippen LogP contribution in [0.15, 0.2) is 18.3 Å². The summed E-state index contributed by atoms with van der Waals surface area (Å²) in [6.45, 7) is 3.32. The number of pyridine rings is 1. The molecule has 2 N–H and O–H groups in total. The van der Waals surface area contributed by atoms with E-state index in [1.165, 1.54) is 13.1 Å². The van der Waals surface area contributed by atoms with Crippen molar-refractivity contribution in [3.8, 4) is 0 Å². The number of nitrogens with one attached hydrogen (secondary N) is 1. The van der Waals surface area contributed by atoms with Gasteiger partial charge in [-0.25, -0.2) is 0 Å². The van der Waals surface area contributed by atoms with Crippen molar-refractivity contribution in [2.75, 3.05) is 0 Å². The summed E-state index contributed by atoms with van der Waals surface area (Å²) in [5, 5.41) is 11.0. The van der Waals surface area contributed by atoms with Crippen molar-refractivity contribution in [2.24, 2.45) is 0 Å². The smallest absolute Gasteiger partial charge is 0.325 e. The molecule has 0 aliphatic heterocycles. The van der Waals surface area contributed by atoms with Crippen LogP contribution in [0.2, 0.25) is 0 Å². The molecule has 0 aliphatic carbocycles. The summed E-state index contributed by atoms with van der Waals surface area (Å²) in [7, 11) is 0. The van der Waals surface area contributed by atoms with E-state index < -0.39 is 17.9 Å². The average Bonchev–Trinajstić information content (AvgIpc) is 2.28. The van der Waals surface area contributed by atoms with Gasteiger partial charge in [-0.2, -0.15) is 0 Å². The van der Waals surface area contributed by atoms with Crippen molar-refractivity contribution in [1.82, 2.24) is 10.3 Å². The van der Waals surface area contributed by atoms with Gasteiger partial charge in [-0.3, -0.25) is 14.6 Å². The van der Waals surface area contributed by atoms with E-state index >= 15 is 0 Å². The number of hydrogen-bond acceptors (Lipinski definition) is 3. The molecule has 0 spiro atoms. The van der Waals surface area contributed by atoms with Crippen molar-refractivity contribution < 1.29 is 14.7 Å². The van der Waals surface area contributed by atoms with E-state index in [1.807, 2.05) is 6.92 Å². The number of aromatic nitrogens is 1. The lowest BCUT2D eigenvalue weighted by Gasteiger charge is -2.10. The average molecular weight is 222 g/mol. The Morgan fingerprint density at radius 3 is 2.81 bits per heavy atom. The maximum absolute atomic E-state index is 11.7. The third-order valence-electron chi connectivity index (χ3n) is 2.21. The SMILES string of the molecule is CCc1cccnc1C(=O)N[C@H](C)C(=O)O. The lowest BCUT2D eigenvalue weighted by Crippen LogP contribution is -2.39. The molecule has 0 bridgehead atoms. The number of amides is 1. The second kappa shape index (κ2) is 5.25. The minimum absolute atomic E-state index is 0.290. The first-order valence-electron chi connectivity index (χ1n) is 5.03. The van der Waals surface area contributed by atoms with Crippen LogP contribution in [-0.4, -0.2) is 28.0 Å². The van der Waals surface area contributed by atoms with E-state index in [4.69, 9.17) is 5.11 Å². The molecular weight excluding hydrogens is 208 g/mol. The molecule has 1 aromatic rings. The zero-order valence-electron chi connectivity index (χ0n) is 9.23. The number of carbonyl (C=O) groups is 2. The number of hydrogen-bond donors (Lipinski definition) is 2. The van der Waals surface area contributed by atoms with Gasteiger partial charge in [0.05, 0.1) is 0 Å². The number of rotatable bonds is 4. The molecule has 1 rings (SSSR count). The van der Waals surface area contributed by atoms with Crippen molar-refractivity contribution in [2.45, 2.75) is 26.3 Å². The Labute approximate surface area is 93.5 Å². The number of carboxylic acids is 1. The number of aliphatic carboxylic acids is 1. The minimum Gasteiger partial charge on any atom is -0.480 e. The van der Waals surface area contributed by atoms with Crippen LogP contribution >= 0.6 is 0 Å². The lowest BCUT2D eigenvalue weighted by atomic mass is 10.1. The van der Waals surface area contributed by atoms with Gasteiger partial charge in [0.2, 0.25) is 0 Å². The summed E-state index contributed by atoms with van der Waals surface area (Å²) in [5.41, 5.74) is 1.09. The first-order chi connectivity index (χ1) is 7.56. The van der Waals surface area contributed by atoms with Crippen LogP contribution in [-0.2, 0) is 11.2 Å². The van der Waals surface area contributed by atoms with Gasteiger partial charge < -0.3 is 10.4 Å². The van der Waals surface area contributed by atoms with Crippen LogP contribution < -0.4 is 5.32 Å². The van der Waals surface area contributed by atoms with E-state index in [-0.39, 0.29) is 5.69 Å². The van der Waals surface area contributed by atoms with E-state index in [0.717, 1.165) is 5.56 Å². The molecule has 0 fully saturated rings. The maximum atomic E-state index is 11.7. The lowest BCUT2D eigenvalue weighted by molar-refractivity contribution is -0.138. The van der Waals surface area contributed by atoms with Crippen LogP contribution in [0.1, 0.15) is 29.9 Å². The Morgan fingerprint density at radius 2 is 2.25 bits per heavy atom. The summed E-state index contributed by atoms with van der Waals surface area (Å²) in [6.07, 6.45) is 2.19. The summed E-state index contributed by atoms with van der Waals surface area (Å²) >= 11 is 0. The molecule has 5 heteroatoms. The van der Waals surface area contributed by atoms with Gasteiger partial charge in [-0.1, -0.05) is 13.0 Å². The highest BCUT2D eigenvalue weighted by atomic mass is 16.4. The highest BCUT2D eigenvalue weighted by Crippen LogP contribution is 2.06. The van der Waals surface area contributed by atoms with Gasteiger partial charge in [-0.05, 0) is 25.0 Å². The number of carbonyl (C=O) groups excluding carboxylic acids is 1. The summed E-state index contributed by atoms with van der Waals surface area (Å²) < 4.78 is 0. The zero-order chi connectivity index (χ0) is 12.1. The molecule has 1 amide bonds. The molecule has 86 valence electrons. The largest absolute Gasteiger partial charge is 0.480 e. The molecule has 0 radical (unpaired) electrons. The highest BCUT2D eigenvalue weighted by molar-refractivity contribution is 5.96. The van der Waals surface area contributed by atoms with E-state index in [2.05, 4.69) is 10.3 Å². The Kier molecular flexibility index (Phi) is 3.99. The summed E-state index contributed by atoms with van der Waals surface area (Å²) in [5.74, 6) is -1.52. The molecule has 0 aliphatic rings. The Hall–Kier alpha value is -1.91. The Balaban J connectivity index is 2.84.